The molecule has 0 radical (unpaired) electrons. The van der Waals surface area contributed by atoms with E-state index >= 15 is 0 Å². The number of aromatic carboxylic acids is 1. The Labute approximate surface area is 171 Å². The van der Waals surface area contributed by atoms with E-state index in [1.807, 2.05) is 4.90 Å². The predicted molar refractivity (Wildman–Crippen MR) is 111 cm³/mol. The smallest absolute Gasteiger partial charge is 0.341 e. The van der Waals surface area contributed by atoms with E-state index in [2.05, 4.69) is 10.3 Å². The molecule has 7 nitrogen and oxygen atoms in total. The van der Waals surface area contributed by atoms with Crippen molar-refractivity contribution in [1.29, 1.82) is 0 Å². The minimum Gasteiger partial charge on any atom is -0.477 e. The first-order valence-corrected chi connectivity index (χ1v) is 10.4. The van der Waals surface area contributed by atoms with Gasteiger partial charge >= 0.3 is 5.97 Å². The molecule has 0 spiro atoms. The maximum atomic E-state index is 14.9. The minimum absolute atomic E-state index is 0.153. The lowest BCUT2D eigenvalue weighted by atomic mass is 10.0. The van der Waals surface area contributed by atoms with E-state index in [0.717, 1.165) is 25.9 Å². The van der Waals surface area contributed by atoms with E-state index in [4.69, 9.17) is 0 Å². The van der Waals surface area contributed by atoms with Crippen molar-refractivity contribution >= 4 is 33.6 Å². The minimum atomic E-state index is -1.26. The van der Waals surface area contributed by atoms with E-state index in [0.29, 0.717) is 34.3 Å². The van der Waals surface area contributed by atoms with Gasteiger partial charge in [0.05, 0.1) is 16.6 Å². The Hall–Kier alpha value is -3.00. The number of aromatic nitrogens is 2. The summed E-state index contributed by atoms with van der Waals surface area (Å²) in [5.41, 5.74) is 0.738. The van der Waals surface area contributed by atoms with Crippen molar-refractivity contribution in [1.82, 2.24) is 14.9 Å². The van der Waals surface area contributed by atoms with Crippen LogP contribution in [0, 0.1) is 5.82 Å². The maximum absolute atomic E-state index is 14.9. The number of carboxylic acids is 1. The molecule has 8 heteroatoms. The van der Waals surface area contributed by atoms with Crippen molar-refractivity contribution in [3.05, 3.63) is 46.0 Å². The number of rotatable bonds is 5. The average Bonchev–Trinajstić information content (AvgIpc) is 3.58. The number of nitrogens with one attached hydrogen (secondary N) is 1. The molecule has 1 saturated heterocycles. The number of fused-ring (bicyclic) bond motifs is 2. The molecule has 0 unspecified atom stereocenters. The average molecular weight is 408 g/mol. The van der Waals surface area contributed by atoms with Gasteiger partial charge in [-0.2, -0.15) is 0 Å². The summed E-state index contributed by atoms with van der Waals surface area (Å²) in [5.74, 6) is -1.62. The number of hydrogen-bond acceptors (Lipinski definition) is 5. The first-order valence-electron chi connectivity index (χ1n) is 10.4. The third kappa shape index (κ3) is 2.86. The molecule has 1 aliphatic heterocycles. The van der Waals surface area contributed by atoms with Crippen molar-refractivity contribution in [2.75, 3.05) is 18.0 Å². The Bertz CT molecular complexity index is 1270. The fourth-order valence-corrected chi connectivity index (χ4v) is 4.33. The summed E-state index contributed by atoms with van der Waals surface area (Å²) in [7, 11) is 0. The molecule has 30 heavy (non-hydrogen) atoms. The quantitative estimate of drug-likeness (QED) is 0.631. The van der Waals surface area contributed by atoms with E-state index < -0.39 is 11.4 Å². The van der Waals surface area contributed by atoms with Gasteiger partial charge in [0.2, 0.25) is 5.43 Å². The first-order chi connectivity index (χ1) is 14.5. The molecule has 2 aromatic heterocycles. The van der Waals surface area contributed by atoms with Crippen LogP contribution >= 0.6 is 0 Å². The number of carboxylic acid groups (broad SMARTS) is 1. The monoisotopic (exact) mass is 408 g/mol. The molecule has 0 atom stereocenters. The van der Waals surface area contributed by atoms with Gasteiger partial charge in [0.25, 0.3) is 0 Å². The van der Waals surface area contributed by atoms with Gasteiger partial charge in [-0.15, -0.1) is 0 Å². The molecule has 1 aromatic carbocycles. The summed E-state index contributed by atoms with van der Waals surface area (Å²) in [5, 5.41) is 13.7. The number of benzene rings is 1. The molecule has 6 rings (SSSR count). The van der Waals surface area contributed by atoms with E-state index in [1.54, 1.807) is 16.7 Å². The highest BCUT2D eigenvalue weighted by Gasteiger charge is 2.33. The molecule has 3 heterocycles. The van der Waals surface area contributed by atoms with Gasteiger partial charge in [-0.05, 0) is 43.9 Å². The Morgan fingerprint density at radius 1 is 1.13 bits per heavy atom. The number of halogens is 1. The van der Waals surface area contributed by atoms with E-state index in [9.17, 15) is 19.1 Å². The van der Waals surface area contributed by atoms with E-state index in [1.165, 1.54) is 25.1 Å². The van der Waals surface area contributed by atoms with Crippen molar-refractivity contribution in [2.24, 2.45) is 0 Å². The van der Waals surface area contributed by atoms with Crippen LogP contribution in [0.4, 0.5) is 10.1 Å². The lowest BCUT2D eigenvalue weighted by Crippen LogP contribution is -2.58. The molecule has 3 aliphatic rings. The van der Waals surface area contributed by atoms with Gasteiger partial charge in [-0.1, -0.05) is 0 Å². The SMILES string of the molecule is O=C(O)c1cn(C2CC2)c2nc3cc(N4CC(NC5CC5)C4)c(F)cc3cc2c1=O. The van der Waals surface area contributed by atoms with Crippen LogP contribution in [0.5, 0.6) is 0 Å². The lowest BCUT2D eigenvalue weighted by molar-refractivity contribution is 0.0695. The summed E-state index contributed by atoms with van der Waals surface area (Å²) in [6, 6.07) is 5.89. The number of nitrogens with zero attached hydrogens (tertiary/aromatic N) is 3. The second-order valence-electron chi connectivity index (χ2n) is 8.71. The van der Waals surface area contributed by atoms with E-state index in [-0.39, 0.29) is 22.8 Å². The normalized spacial score (nSPS) is 19.4. The topological polar surface area (TPSA) is 87.5 Å². The van der Waals surface area contributed by atoms with Crippen LogP contribution in [0.25, 0.3) is 21.9 Å². The molecule has 2 saturated carbocycles. The zero-order valence-corrected chi connectivity index (χ0v) is 16.3. The molecular weight excluding hydrogens is 387 g/mol. The summed E-state index contributed by atoms with van der Waals surface area (Å²) in [6.45, 7) is 1.53. The highest BCUT2D eigenvalue weighted by atomic mass is 19.1. The fraction of sp³-hybridized carbons (Fsp3) is 0.409. The molecule has 2 aliphatic carbocycles. The molecular formula is C22H21FN4O3. The Kier molecular flexibility index (Phi) is 3.71. The van der Waals surface area contributed by atoms with Gasteiger partial charge in [0.15, 0.2) is 0 Å². The number of pyridine rings is 2. The van der Waals surface area contributed by atoms with Crippen molar-refractivity contribution in [3.63, 3.8) is 0 Å². The Morgan fingerprint density at radius 2 is 1.90 bits per heavy atom. The van der Waals surface area contributed by atoms with Gasteiger partial charge < -0.3 is 19.9 Å². The van der Waals surface area contributed by atoms with Crippen LogP contribution in [-0.2, 0) is 0 Å². The highest BCUT2D eigenvalue weighted by molar-refractivity contribution is 5.97. The summed E-state index contributed by atoms with van der Waals surface area (Å²) >= 11 is 0. The molecule has 0 amide bonds. The molecule has 3 fully saturated rings. The number of hydrogen-bond donors (Lipinski definition) is 2. The fourth-order valence-electron chi connectivity index (χ4n) is 4.33. The summed E-state index contributed by atoms with van der Waals surface area (Å²) in [6.07, 6.45) is 5.70. The van der Waals surface area contributed by atoms with Crippen LogP contribution in [0.2, 0.25) is 0 Å². The van der Waals surface area contributed by atoms with Crippen LogP contribution in [0.15, 0.2) is 29.2 Å². The molecule has 2 N–H and O–H groups in total. The molecule has 3 aromatic rings. The zero-order valence-electron chi connectivity index (χ0n) is 16.3. The van der Waals surface area contributed by atoms with Crippen molar-refractivity contribution < 1.29 is 14.3 Å². The molecule has 0 bridgehead atoms. The lowest BCUT2D eigenvalue weighted by Gasteiger charge is -2.41. The highest BCUT2D eigenvalue weighted by Crippen LogP contribution is 2.37. The molecule has 154 valence electrons. The standard InChI is InChI=1S/C22H21FN4O3/c23-17-6-11-5-15-20(28)16(22(29)30)10-27(14-3-4-14)21(15)25-18(11)7-19(17)26-8-13(9-26)24-12-1-2-12/h5-7,10,12-14,24H,1-4,8-9H2,(H,29,30). The second kappa shape index (κ2) is 6.25. The predicted octanol–water partition coefficient (Wildman–Crippen LogP) is 2.66. The van der Waals surface area contributed by atoms with Crippen LogP contribution in [-0.4, -0.2) is 45.8 Å². The Balaban J connectivity index is 1.45. The van der Waals surface area contributed by atoms with Crippen LogP contribution < -0.4 is 15.6 Å². The Morgan fingerprint density at radius 3 is 2.57 bits per heavy atom. The number of anilines is 1. The number of carbonyl (C=O) groups is 1. The third-order valence-corrected chi connectivity index (χ3v) is 6.31. The first kappa shape index (κ1) is 17.8. The van der Waals surface area contributed by atoms with Gasteiger partial charge in [0, 0.05) is 42.8 Å². The van der Waals surface area contributed by atoms with Crippen LogP contribution in [0.3, 0.4) is 0 Å². The van der Waals surface area contributed by atoms with Crippen molar-refractivity contribution in [2.45, 2.75) is 43.8 Å². The van der Waals surface area contributed by atoms with Gasteiger partial charge in [-0.3, -0.25) is 4.79 Å². The van der Waals surface area contributed by atoms with Crippen LogP contribution in [0.1, 0.15) is 42.1 Å². The third-order valence-electron chi connectivity index (χ3n) is 6.31. The second-order valence-corrected chi connectivity index (χ2v) is 8.71. The van der Waals surface area contributed by atoms with Gasteiger partial charge in [0.1, 0.15) is 17.0 Å². The summed E-state index contributed by atoms with van der Waals surface area (Å²) < 4.78 is 16.6. The summed E-state index contributed by atoms with van der Waals surface area (Å²) in [4.78, 5) is 30.9. The largest absolute Gasteiger partial charge is 0.477 e. The maximum Gasteiger partial charge on any atom is 0.341 e. The van der Waals surface area contributed by atoms with Gasteiger partial charge in [-0.25, -0.2) is 14.2 Å². The van der Waals surface area contributed by atoms with Crippen molar-refractivity contribution in [3.8, 4) is 0 Å². The zero-order chi connectivity index (χ0) is 20.6.